The highest BCUT2D eigenvalue weighted by Gasteiger charge is 2.25. The van der Waals surface area contributed by atoms with Crippen LogP contribution in [0.2, 0.25) is 0 Å². The summed E-state index contributed by atoms with van der Waals surface area (Å²) in [7, 11) is 0. The fourth-order valence-corrected chi connectivity index (χ4v) is 1.83. The highest BCUT2D eigenvalue weighted by molar-refractivity contribution is 4.79. The van der Waals surface area contributed by atoms with Crippen LogP contribution in [0.1, 0.15) is 48.0 Å². The Hall–Kier alpha value is -0.0400. The van der Waals surface area contributed by atoms with E-state index in [1.54, 1.807) is 0 Å². The summed E-state index contributed by atoms with van der Waals surface area (Å²) >= 11 is 0. The van der Waals surface area contributed by atoms with Gasteiger partial charge in [0.15, 0.2) is 0 Å². The molecule has 0 spiro atoms. The molecule has 0 aromatic rings. The zero-order valence-electron chi connectivity index (χ0n) is 10.3. The third-order valence-corrected chi connectivity index (χ3v) is 2.93. The molecule has 0 saturated carbocycles. The van der Waals surface area contributed by atoms with Crippen LogP contribution in [0.25, 0.3) is 0 Å². The van der Waals surface area contributed by atoms with E-state index in [9.17, 15) is 0 Å². The molecule has 1 saturated heterocycles. The topological polar surface area (TPSA) is 3.24 Å². The molecule has 0 aromatic heterocycles. The van der Waals surface area contributed by atoms with Crippen LogP contribution in [0.5, 0.6) is 0 Å². The molecule has 0 radical (unpaired) electrons. The lowest BCUT2D eigenvalue weighted by Crippen LogP contribution is -2.28. The zero-order valence-corrected chi connectivity index (χ0v) is 10.3. The van der Waals surface area contributed by atoms with E-state index < -0.39 is 0 Å². The van der Waals surface area contributed by atoms with E-state index in [4.69, 9.17) is 0 Å². The van der Waals surface area contributed by atoms with Crippen molar-refractivity contribution in [3.8, 4) is 0 Å². The van der Waals surface area contributed by atoms with Crippen LogP contribution in [0.4, 0.5) is 0 Å². The van der Waals surface area contributed by atoms with Gasteiger partial charge in [-0.1, -0.05) is 27.7 Å². The van der Waals surface area contributed by atoms with E-state index in [0.29, 0.717) is 0 Å². The molecule has 0 aliphatic carbocycles. The van der Waals surface area contributed by atoms with Crippen molar-refractivity contribution in [3.63, 3.8) is 0 Å². The average Bonchev–Trinajstić information content (AvgIpc) is 2.56. The van der Waals surface area contributed by atoms with E-state index in [2.05, 4.69) is 32.6 Å². The molecular formula is C12H27N. The molecule has 13 heavy (non-hydrogen) atoms. The van der Waals surface area contributed by atoms with Crippen molar-refractivity contribution in [3.05, 3.63) is 0 Å². The number of hydrogen-bond acceptors (Lipinski definition) is 1. The van der Waals surface area contributed by atoms with Gasteiger partial charge in [0.05, 0.1) is 0 Å². The van der Waals surface area contributed by atoms with Crippen molar-refractivity contribution in [1.82, 2.24) is 4.90 Å². The molecule has 0 amide bonds. The first-order valence-corrected chi connectivity index (χ1v) is 5.85. The Morgan fingerprint density at radius 1 is 1.08 bits per heavy atom. The van der Waals surface area contributed by atoms with Crippen LogP contribution < -0.4 is 0 Å². The van der Waals surface area contributed by atoms with Crippen LogP contribution >= 0.6 is 0 Å². The molecule has 1 atom stereocenters. The SMILES string of the molecule is CC.CC(C)C1CCN(C(C)C)C1. The standard InChI is InChI=1S/C10H21N.C2H6/c1-8(2)10-5-6-11(7-10)9(3)4;1-2/h8-10H,5-7H2,1-4H3;1-2H3. The Balaban J connectivity index is 0.000000671. The smallest absolute Gasteiger partial charge is 0.00387 e. The summed E-state index contributed by atoms with van der Waals surface area (Å²) in [5.74, 6) is 1.83. The summed E-state index contributed by atoms with van der Waals surface area (Å²) in [4.78, 5) is 2.59. The maximum Gasteiger partial charge on any atom is 0.00387 e. The van der Waals surface area contributed by atoms with Gasteiger partial charge < -0.3 is 4.90 Å². The molecule has 0 aromatic carbocycles. The Bertz CT molecular complexity index is 104. The molecule has 1 rings (SSSR count). The van der Waals surface area contributed by atoms with Gasteiger partial charge in [-0.2, -0.15) is 0 Å². The Morgan fingerprint density at radius 2 is 1.62 bits per heavy atom. The molecule has 1 heterocycles. The van der Waals surface area contributed by atoms with Gasteiger partial charge in [0, 0.05) is 12.6 Å². The first kappa shape index (κ1) is 13.0. The third kappa shape index (κ3) is 4.12. The minimum atomic E-state index is 0.749. The molecule has 0 N–H and O–H groups in total. The molecule has 1 fully saturated rings. The largest absolute Gasteiger partial charge is 0.301 e. The molecule has 1 aliphatic heterocycles. The van der Waals surface area contributed by atoms with E-state index in [1.807, 2.05) is 13.8 Å². The van der Waals surface area contributed by atoms with E-state index in [-0.39, 0.29) is 0 Å². The Labute approximate surface area is 84.5 Å². The average molecular weight is 185 g/mol. The summed E-state index contributed by atoms with van der Waals surface area (Å²) in [6.45, 7) is 15.9. The third-order valence-electron chi connectivity index (χ3n) is 2.93. The van der Waals surface area contributed by atoms with Crippen LogP contribution in [-0.2, 0) is 0 Å². The van der Waals surface area contributed by atoms with Gasteiger partial charge in [-0.25, -0.2) is 0 Å². The van der Waals surface area contributed by atoms with Crippen LogP contribution in [-0.4, -0.2) is 24.0 Å². The lowest BCUT2D eigenvalue weighted by molar-refractivity contribution is 0.253. The van der Waals surface area contributed by atoms with Gasteiger partial charge in [0.2, 0.25) is 0 Å². The lowest BCUT2D eigenvalue weighted by Gasteiger charge is -2.21. The summed E-state index contributed by atoms with van der Waals surface area (Å²) in [5, 5.41) is 0. The molecule has 1 aliphatic rings. The van der Waals surface area contributed by atoms with E-state index in [1.165, 1.54) is 19.5 Å². The predicted octanol–water partition coefficient (Wildman–Crippen LogP) is 3.40. The molecule has 1 heteroatoms. The van der Waals surface area contributed by atoms with Gasteiger partial charge in [0.1, 0.15) is 0 Å². The van der Waals surface area contributed by atoms with Crippen molar-refractivity contribution < 1.29 is 0 Å². The van der Waals surface area contributed by atoms with Crippen molar-refractivity contribution in [2.75, 3.05) is 13.1 Å². The van der Waals surface area contributed by atoms with Crippen molar-refractivity contribution in [2.24, 2.45) is 11.8 Å². The first-order chi connectivity index (χ1) is 6.11. The summed E-state index contributed by atoms with van der Waals surface area (Å²) < 4.78 is 0. The highest BCUT2D eigenvalue weighted by atomic mass is 15.2. The normalized spacial score (nSPS) is 23.5. The molecule has 1 unspecified atom stereocenters. The second kappa shape index (κ2) is 6.42. The Kier molecular flexibility index (Phi) is 6.40. The predicted molar refractivity (Wildman–Crippen MR) is 61.0 cm³/mol. The fraction of sp³-hybridized carbons (Fsp3) is 1.00. The van der Waals surface area contributed by atoms with Crippen molar-refractivity contribution in [1.29, 1.82) is 0 Å². The molecular weight excluding hydrogens is 158 g/mol. The van der Waals surface area contributed by atoms with E-state index in [0.717, 1.165) is 17.9 Å². The number of likely N-dealkylation sites (tertiary alicyclic amines) is 1. The summed E-state index contributed by atoms with van der Waals surface area (Å²) in [6, 6.07) is 0.749. The molecule has 80 valence electrons. The number of hydrogen-bond donors (Lipinski definition) is 0. The molecule has 0 bridgehead atoms. The number of rotatable bonds is 2. The second-order valence-corrected chi connectivity index (χ2v) is 4.38. The maximum absolute atomic E-state index is 2.59. The summed E-state index contributed by atoms with van der Waals surface area (Å²) in [5.41, 5.74) is 0. The summed E-state index contributed by atoms with van der Waals surface area (Å²) in [6.07, 6.45) is 1.41. The van der Waals surface area contributed by atoms with E-state index >= 15 is 0 Å². The monoisotopic (exact) mass is 185 g/mol. The highest BCUT2D eigenvalue weighted by Crippen LogP contribution is 2.24. The van der Waals surface area contributed by atoms with Crippen molar-refractivity contribution >= 4 is 0 Å². The fourth-order valence-electron chi connectivity index (χ4n) is 1.83. The maximum atomic E-state index is 2.59. The number of nitrogens with zero attached hydrogens (tertiary/aromatic N) is 1. The van der Waals surface area contributed by atoms with Gasteiger partial charge in [0.25, 0.3) is 0 Å². The molecule has 1 nitrogen and oxygen atoms in total. The van der Waals surface area contributed by atoms with Gasteiger partial charge >= 0.3 is 0 Å². The zero-order chi connectivity index (χ0) is 10.4. The second-order valence-electron chi connectivity index (χ2n) is 4.38. The lowest BCUT2D eigenvalue weighted by atomic mass is 9.95. The van der Waals surface area contributed by atoms with Gasteiger partial charge in [-0.15, -0.1) is 0 Å². The van der Waals surface area contributed by atoms with Crippen LogP contribution in [0.15, 0.2) is 0 Å². The minimum Gasteiger partial charge on any atom is -0.301 e. The quantitative estimate of drug-likeness (QED) is 0.637. The first-order valence-electron chi connectivity index (χ1n) is 5.85. The minimum absolute atomic E-state index is 0.749. The van der Waals surface area contributed by atoms with Gasteiger partial charge in [-0.3, -0.25) is 0 Å². The van der Waals surface area contributed by atoms with Crippen LogP contribution in [0, 0.1) is 11.8 Å². The van der Waals surface area contributed by atoms with Gasteiger partial charge in [-0.05, 0) is 38.6 Å². The van der Waals surface area contributed by atoms with Crippen molar-refractivity contribution in [2.45, 2.75) is 54.0 Å². The Morgan fingerprint density at radius 3 is 1.85 bits per heavy atom. The van der Waals surface area contributed by atoms with Crippen LogP contribution in [0.3, 0.4) is 0 Å².